The Hall–Kier alpha value is -3.04. The predicted molar refractivity (Wildman–Crippen MR) is 76.0 cm³/mol. The summed E-state index contributed by atoms with van der Waals surface area (Å²) in [7, 11) is 3.44. The summed E-state index contributed by atoms with van der Waals surface area (Å²) in [5, 5.41) is 10.9. The van der Waals surface area contributed by atoms with E-state index in [0.29, 0.717) is 5.95 Å². The van der Waals surface area contributed by atoms with E-state index in [2.05, 4.69) is 15.0 Å². The van der Waals surface area contributed by atoms with Crippen LogP contribution in [0.1, 0.15) is 5.82 Å². The second kappa shape index (κ2) is 6.16. The van der Waals surface area contributed by atoms with E-state index in [-0.39, 0.29) is 29.8 Å². The van der Waals surface area contributed by atoms with Gasteiger partial charge >= 0.3 is 5.69 Å². The third-order valence-corrected chi connectivity index (χ3v) is 2.56. The molecule has 2 N–H and O–H groups in total. The zero-order valence-corrected chi connectivity index (χ0v) is 11.9. The monoisotopic (exact) mass is 308 g/mol. The lowest BCUT2D eigenvalue weighted by Gasteiger charge is -2.12. The van der Waals surface area contributed by atoms with Gasteiger partial charge < -0.3 is 15.4 Å². The summed E-state index contributed by atoms with van der Waals surface area (Å²) in [6.45, 7) is -0.210. The van der Waals surface area contributed by atoms with Crippen LogP contribution in [0.3, 0.4) is 0 Å². The highest BCUT2D eigenvalue weighted by Crippen LogP contribution is 2.28. The molecule has 0 bridgehead atoms. The molecule has 0 spiro atoms. The van der Waals surface area contributed by atoms with Crippen molar-refractivity contribution in [1.29, 1.82) is 0 Å². The van der Waals surface area contributed by atoms with Crippen molar-refractivity contribution in [3.63, 3.8) is 0 Å². The number of aromatic nitrogens is 3. The van der Waals surface area contributed by atoms with Crippen molar-refractivity contribution in [2.24, 2.45) is 0 Å². The minimum Gasteiger partial charge on any atom is -0.478 e. The van der Waals surface area contributed by atoms with Crippen LogP contribution in [0.15, 0.2) is 18.2 Å². The molecule has 116 valence electrons. The first-order chi connectivity index (χ1) is 10.4. The van der Waals surface area contributed by atoms with Crippen LogP contribution in [-0.4, -0.2) is 34.0 Å². The lowest BCUT2D eigenvalue weighted by molar-refractivity contribution is -0.386. The number of nitro groups is 1. The molecule has 0 radical (unpaired) electrons. The Morgan fingerprint density at radius 2 is 2.09 bits per heavy atom. The number of benzene rings is 1. The summed E-state index contributed by atoms with van der Waals surface area (Å²) in [6.07, 6.45) is 0. The van der Waals surface area contributed by atoms with E-state index in [9.17, 15) is 14.5 Å². The molecule has 1 aromatic carbocycles. The topological polar surface area (TPSA) is 120 Å². The van der Waals surface area contributed by atoms with Gasteiger partial charge in [-0.05, 0) is 6.07 Å². The number of ether oxygens (including phenoxy) is 1. The second-order valence-corrected chi connectivity index (χ2v) is 4.46. The van der Waals surface area contributed by atoms with E-state index in [1.165, 1.54) is 0 Å². The maximum absolute atomic E-state index is 13.2. The molecule has 1 aromatic heterocycles. The molecule has 0 fully saturated rings. The predicted octanol–water partition coefficient (Wildman–Crippen LogP) is 1.15. The number of nitrogens with two attached hydrogens (primary N) is 1. The number of nitro benzene ring substituents is 1. The lowest BCUT2D eigenvalue weighted by Crippen LogP contribution is -2.17. The Morgan fingerprint density at radius 1 is 1.36 bits per heavy atom. The zero-order valence-electron chi connectivity index (χ0n) is 11.9. The van der Waals surface area contributed by atoms with E-state index in [1.807, 2.05) is 0 Å². The summed E-state index contributed by atoms with van der Waals surface area (Å²) in [5.41, 5.74) is 5.21. The normalized spacial score (nSPS) is 10.3. The number of anilines is 2. The lowest BCUT2D eigenvalue weighted by atomic mass is 10.3. The van der Waals surface area contributed by atoms with Crippen molar-refractivity contribution in [2.45, 2.75) is 6.61 Å². The molecule has 2 aromatic rings. The molecular weight excluding hydrogens is 295 g/mol. The molecule has 9 nitrogen and oxygen atoms in total. The number of hydrogen-bond acceptors (Lipinski definition) is 8. The average molecular weight is 308 g/mol. The van der Waals surface area contributed by atoms with E-state index < -0.39 is 10.7 Å². The van der Waals surface area contributed by atoms with Gasteiger partial charge in [0.2, 0.25) is 11.9 Å². The number of hydrogen-bond donors (Lipinski definition) is 1. The van der Waals surface area contributed by atoms with Gasteiger partial charge in [0, 0.05) is 26.2 Å². The van der Waals surface area contributed by atoms with E-state index in [0.717, 1.165) is 18.2 Å². The number of nitrogens with zero attached hydrogens (tertiary/aromatic N) is 5. The van der Waals surface area contributed by atoms with Gasteiger partial charge in [-0.25, -0.2) is 4.39 Å². The van der Waals surface area contributed by atoms with Gasteiger partial charge in [-0.1, -0.05) is 0 Å². The molecule has 0 saturated carbocycles. The van der Waals surface area contributed by atoms with E-state index >= 15 is 0 Å². The Kier molecular flexibility index (Phi) is 4.30. The van der Waals surface area contributed by atoms with Crippen LogP contribution < -0.4 is 15.4 Å². The minimum atomic E-state index is -0.665. The average Bonchev–Trinajstić information content (AvgIpc) is 2.44. The van der Waals surface area contributed by atoms with Gasteiger partial charge in [0.25, 0.3) is 0 Å². The molecule has 1 heterocycles. The molecule has 10 heteroatoms. The molecule has 0 saturated heterocycles. The fourth-order valence-corrected chi connectivity index (χ4v) is 1.59. The van der Waals surface area contributed by atoms with Gasteiger partial charge in [-0.15, -0.1) is 0 Å². The van der Waals surface area contributed by atoms with E-state index in [1.54, 1.807) is 19.0 Å². The highest BCUT2D eigenvalue weighted by molar-refractivity contribution is 5.46. The highest BCUT2D eigenvalue weighted by Gasteiger charge is 2.17. The first kappa shape index (κ1) is 15.4. The van der Waals surface area contributed by atoms with Gasteiger partial charge in [0.1, 0.15) is 12.4 Å². The van der Waals surface area contributed by atoms with Crippen LogP contribution in [0.25, 0.3) is 0 Å². The molecule has 0 aliphatic heterocycles. The van der Waals surface area contributed by atoms with Crippen LogP contribution in [0, 0.1) is 15.9 Å². The Labute approximate surface area is 124 Å². The molecule has 0 aliphatic carbocycles. The van der Waals surface area contributed by atoms with Crippen molar-refractivity contribution in [3.05, 3.63) is 40.0 Å². The van der Waals surface area contributed by atoms with E-state index in [4.69, 9.17) is 10.5 Å². The summed E-state index contributed by atoms with van der Waals surface area (Å²) in [4.78, 5) is 23.7. The van der Waals surface area contributed by atoms with Crippen molar-refractivity contribution in [2.75, 3.05) is 24.7 Å². The van der Waals surface area contributed by atoms with Crippen molar-refractivity contribution in [3.8, 4) is 5.75 Å². The van der Waals surface area contributed by atoms with Crippen LogP contribution in [0.2, 0.25) is 0 Å². The maximum Gasteiger partial charge on any atom is 0.311 e. The minimum absolute atomic E-state index is 0.00829. The third kappa shape index (κ3) is 3.53. The third-order valence-electron chi connectivity index (χ3n) is 2.56. The Morgan fingerprint density at radius 3 is 2.73 bits per heavy atom. The van der Waals surface area contributed by atoms with Gasteiger partial charge in [0.15, 0.2) is 11.6 Å². The maximum atomic E-state index is 13.2. The molecular formula is C12H13FN6O3. The van der Waals surface area contributed by atoms with Crippen LogP contribution in [-0.2, 0) is 6.61 Å². The van der Waals surface area contributed by atoms with Gasteiger partial charge in [-0.2, -0.15) is 15.0 Å². The molecule has 22 heavy (non-hydrogen) atoms. The smallest absolute Gasteiger partial charge is 0.311 e. The summed E-state index contributed by atoms with van der Waals surface area (Å²) in [6, 6.07) is 2.93. The summed E-state index contributed by atoms with van der Waals surface area (Å²) < 4.78 is 18.4. The van der Waals surface area contributed by atoms with Crippen LogP contribution in [0.5, 0.6) is 5.75 Å². The van der Waals surface area contributed by atoms with Crippen LogP contribution in [0.4, 0.5) is 22.0 Å². The van der Waals surface area contributed by atoms with Crippen molar-refractivity contribution < 1.29 is 14.1 Å². The highest BCUT2D eigenvalue weighted by atomic mass is 19.1. The second-order valence-electron chi connectivity index (χ2n) is 4.46. The quantitative estimate of drug-likeness (QED) is 0.645. The zero-order chi connectivity index (χ0) is 16.3. The number of halogens is 1. The largest absolute Gasteiger partial charge is 0.478 e. The first-order valence-electron chi connectivity index (χ1n) is 6.11. The Balaban J connectivity index is 2.23. The standard InChI is InChI=1S/C12H13FN6O3/c1-18(2)12-16-10(15-11(14)17-12)6-22-9-5-7(13)3-4-8(9)19(20)21/h3-5H,6H2,1-2H3,(H2,14,15,16,17). The first-order valence-corrected chi connectivity index (χ1v) is 6.11. The van der Waals surface area contributed by atoms with Crippen molar-refractivity contribution >= 4 is 17.6 Å². The molecule has 2 rings (SSSR count). The molecule has 0 amide bonds. The summed E-state index contributed by atoms with van der Waals surface area (Å²) in [5.74, 6) is -0.374. The Bertz CT molecular complexity index is 709. The SMILES string of the molecule is CN(C)c1nc(N)nc(COc2cc(F)ccc2[N+](=O)[O-])n1. The number of rotatable bonds is 5. The molecule has 0 aliphatic rings. The fourth-order valence-electron chi connectivity index (χ4n) is 1.59. The molecule has 0 unspecified atom stereocenters. The summed E-state index contributed by atoms with van der Waals surface area (Å²) >= 11 is 0. The molecule has 0 atom stereocenters. The van der Waals surface area contributed by atoms with Gasteiger partial charge in [0.05, 0.1) is 4.92 Å². The number of nitrogen functional groups attached to an aromatic ring is 1. The van der Waals surface area contributed by atoms with Gasteiger partial charge in [-0.3, -0.25) is 10.1 Å². The van der Waals surface area contributed by atoms with Crippen molar-refractivity contribution in [1.82, 2.24) is 15.0 Å². The van der Waals surface area contributed by atoms with Crippen LogP contribution >= 0.6 is 0 Å². The fraction of sp³-hybridized carbons (Fsp3) is 0.250.